The van der Waals surface area contributed by atoms with Gasteiger partial charge in [-0.3, -0.25) is 9.78 Å². The van der Waals surface area contributed by atoms with Crippen LogP contribution in [0, 0.1) is 6.92 Å². The Kier molecular flexibility index (Phi) is 3.85. The number of nitrogens with zero attached hydrogens (tertiary/aromatic N) is 3. The maximum Gasteiger partial charge on any atom is 0.256 e. The highest BCUT2D eigenvalue weighted by Crippen LogP contribution is 2.23. The second kappa shape index (κ2) is 5.79. The Hall–Kier alpha value is -1.99. The zero-order valence-corrected chi connectivity index (χ0v) is 13.5. The van der Waals surface area contributed by atoms with E-state index in [1.165, 1.54) is 11.3 Å². The van der Waals surface area contributed by atoms with E-state index in [1.54, 1.807) is 34.7 Å². The lowest BCUT2D eigenvalue weighted by Gasteiger charge is -2.09. The van der Waals surface area contributed by atoms with E-state index in [4.69, 9.17) is 0 Å². The van der Waals surface area contributed by atoms with Crippen LogP contribution in [0.4, 0.5) is 5.69 Å². The number of anilines is 1. The van der Waals surface area contributed by atoms with Crippen molar-refractivity contribution in [1.29, 1.82) is 0 Å². The van der Waals surface area contributed by atoms with Crippen LogP contribution in [0.15, 0.2) is 46.1 Å². The number of aromatic nitrogens is 3. The van der Waals surface area contributed by atoms with E-state index >= 15 is 0 Å². The van der Waals surface area contributed by atoms with Crippen molar-refractivity contribution in [2.45, 2.75) is 6.92 Å². The largest absolute Gasteiger partial charge is 0.319 e. The van der Waals surface area contributed by atoms with Crippen molar-refractivity contribution in [3.05, 3.63) is 57.2 Å². The summed E-state index contributed by atoms with van der Waals surface area (Å²) in [5.41, 5.74) is 3.05. The summed E-state index contributed by atoms with van der Waals surface area (Å²) in [4.78, 5) is 16.3. The maximum absolute atomic E-state index is 12.2. The number of hydrogen-bond donors (Lipinski definition) is 1. The number of amides is 1. The number of carbonyl (C=O) groups excluding carboxylic acids is 1. The Morgan fingerprint density at radius 2 is 2.29 bits per heavy atom. The van der Waals surface area contributed by atoms with Gasteiger partial charge in [0, 0.05) is 17.8 Å². The monoisotopic (exact) mass is 362 g/mol. The van der Waals surface area contributed by atoms with Crippen LogP contribution < -0.4 is 5.32 Å². The smallest absolute Gasteiger partial charge is 0.256 e. The van der Waals surface area contributed by atoms with Crippen molar-refractivity contribution in [3.8, 4) is 5.69 Å². The molecule has 0 aliphatic rings. The standard InChI is InChI=1S/C14H11BrN4OS/c1-9-5-17-19(7-9)12-2-3-16-6-11(12)18-14(20)10-4-13(15)21-8-10/h2-8H,1H3,(H,18,20). The molecule has 0 unspecified atom stereocenters. The third kappa shape index (κ3) is 3.03. The van der Waals surface area contributed by atoms with Crippen LogP contribution in [-0.4, -0.2) is 20.7 Å². The van der Waals surface area contributed by atoms with Gasteiger partial charge in [0.15, 0.2) is 0 Å². The van der Waals surface area contributed by atoms with Crippen LogP contribution in [0.3, 0.4) is 0 Å². The molecule has 1 amide bonds. The Morgan fingerprint density at radius 1 is 1.43 bits per heavy atom. The first kappa shape index (κ1) is 14.0. The average Bonchev–Trinajstić information content (AvgIpc) is 3.08. The molecule has 0 atom stereocenters. The highest BCUT2D eigenvalue weighted by Gasteiger charge is 2.12. The lowest BCUT2D eigenvalue weighted by molar-refractivity contribution is 0.102. The van der Waals surface area contributed by atoms with Crippen LogP contribution in [0.5, 0.6) is 0 Å². The lowest BCUT2D eigenvalue weighted by Crippen LogP contribution is -2.13. The van der Waals surface area contributed by atoms with Gasteiger partial charge in [-0.2, -0.15) is 5.10 Å². The van der Waals surface area contributed by atoms with Crippen molar-refractivity contribution in [3.63, 3.8) is 0 Å². The van der Waals surface area contributed by atoms with Crippen LogP contribution in [-0.2, 0) is 0 Å². The number of halogens is 1. The summed E-state index contributed by atoms with van der Waals surface area (Å²) in [6, 6.07) is 3.60. The highest BCUT2D eigenvalue weighted by molar-refractivity contribution is 9.11. The third-order valence-corrected chi connectivity index (χ3v) is 4.34. The molecule has 1 N–H and O–H groups in total. The molecule has 5 nitrogen and oxygen atoms in total. The van der Waals surface area contributed by atoms with E-state index in [0.717, 1.165) is 15.0 Å². The molecular formula is C14H11BrN4OS. The van der Waals surface area contributed by atoms with Crippen molar-refractivity contribution in [2.75, 3.05) is 5.32 Å². The van der Waals surface area contributed by atoms with Crippen LogP contribution in [0.2, 0.25) is 0 Å². The summed E-state index contributed by atoms with van der Waals surface area (Å²) < 4.78 is 2.64. The molecule has 0 radical (unpaired) electrons. The molecule has 0 bridgehead atoms. The molecule has 3 aromatic rings. The molecule has 0 aromatic carbocycles. The number of hydrogen-bond acceptors (Lipinski definition) is 4. The molecule has 106 valence electrons. The molecule has 0 fully saturated rings. The van der Waals surface area contributed by atoms with Crippen molar-refractivity contribution >= 4 is 38.9 Å². The summed E-state index contributed by atoms with van der Waals surface area (Å²) >= 11 is 4.82. The quantitative estimate of drug-likeness (QED) is 0.773. The molecule has 0 spiro atoms. The first-order valence-corrected chi connectivity index (χ1v) is 7.82. The van der Waals surface area contributed by atoms with Gasteiger partial charge in [0.2, 0.25) is 0 Å². The second-order valence-electron chi connectivity index (χ2n) is 4.45. The summed E-state index contributed by atoms with van der Waals surface area (Å²) in [6.45, 7) is 1.96. The number of carbonyl (C=O) groups is 1. The Morgan fingerprint density at radius 3 is 2.95 bits per heavy atom. The van der Waals surface area contributed by atoms with Crippen molar-refractivity contribution in [2.24, 2.45) is 0 Å². The second-order valence-corrected chi connectivity index (χ2v) is 6.74. The number of thiophene rings is 1. The molecule has 0 aliphatic heterocycles. The minimum atomic E-state index is -0.171. The Balaban J connectivity index is 1.91. The summed E-state index contributed by atoms with van der Waals surface area (Å²) in [6.07, 6.45) is 6.95. The molecule has 3 heterocycles. The van der Waals surface area contributed by atoms with E-state index in [0.29, 0.717) is 11.3 Å². The van der Waals surface area contributed by atoms with Crippen LogP contribution in [0.25, 0.3) is 5.69 Å². The van der Waals surface area contributed by atoms with Crippen LogP contribution >= 0.6 is 27.3 Å². The van der Waals surface area contributed by atoms with E-state index < -0.39 is 0 Å². The number of rotatable bonds is 3. The molecule has 0 saturated carbocycles. The van der Waals surface area contributed by atoms with Gasteiger partial charge in [0.05, 0.1) is 33.1 Å². The predicted molar refractivity (Wildman–Crippen MR) is 86.1 cm³/mol. The first-order chi connectivity index (χ1) is 10.1. The fourth-order valence-electron chi connectivity index (χ4n) is 1.85. The molecule has 0 aliphatic carbocycles. The van der Waals surface area contributed by atoms with Gasteiger partial charge < -0.3 is 5.32 Å². The topological polar surface area (TPSA) is 59.8 Å². The van der Waals surface area contributed by atoms with Gasteiger partial charge in [-0.05, 0) is 40.5 Å². The zero-order chi connectivity index (χ0) is 14.8. The zero-order valence-electron chi connectivity index (χ0n) is 11.1. The molecule has 0 saturated heterocycles. The summed E-state index contributed by atoms with van der Waals surface area (Å²) in [5, 5.41) is 8.93. The minimum Gasteiger partial charge on any atom is -0.319 e. The first-order valence-electron chi connectivity index (χ1n) is 6.14. The summed E-state index contributed by atoms with van der Waals surface area (Å²) in [5.74, 6) is -0.171. The molecule has 3 aromatic heterocycles. The van der Waals surface area contributed by atoms with E-state index in [2.05, 4.69) is 31.3 Å². The fourth-order valence-corrected chi connectivity index (χ4v) is 2.99. The van der Waals surface area contributed by atoms with Gasteiger partial charge >= 0.3 is 0 Å². The average molecular weight is 363 g/mol. The third-order valence-electron chi connectivity index (χ3n) is 2.83. The Labute approximate surface area is 133 Å². The normalized spacial score (nSPS) is 10.6. The SMILES string of the molecule is Cc1cnn(-c2ccncc2NC(=O)c2csc(Br)c2)c1. The maximum atomic E-state index is 12.2. The van der Waals surface area contributed by atoms with Crippen LogP contribution in [0.1, 0.15) is 15.9 Å². The predicted octanol–water partition coefficient (Wildman–Crippen LogP) is 3.65. The van der Waals surface area contributed by atoms with Crippen molar-refractivity contribution in [1.82, 2.24) is 14.8 Å². The van der Waals surface area contributed by atoms with Gasteiger partial charge in [-0.15, -0.1) is 11.3 Å². The van der Waals surface area contributed by atoms with E-state index in [9.17, 15) is 4.79 Å². The minimum absolute atomic E-state index is 0.171. The van der Waals surface area contributed by atoms with Gasteiger partial charge in [0.1, 0.15) is 0 Å². The molecular weight excluding hydrogens is 352 g/mol. The number of nitrogens with one attached hydrogen (secondary N) is 1. The van der Waals surface area contributed by atoms with Crippen molar-refractivity contribution < 1.29 is 4.79 Å². The fraction of sp³-hybridized carbons (Fsp3) is 0.0714. The van der Waals surface area contributed by atoms with Gasteiger partial charge in [-0.25, -0.2) is 4.68 Å². The van der Waals surface area contributed by atoms with Gasteiger partial charge in [0.25, 0.3) is 5.91 Å². The number of pyridine rings is 1. The van der Waals surface area contributed by atoms with E-state index in [-0.39, 0.29) is 5.91 Å². The lowest BCUT2D eigenvalue weighted by atomic mass is 10.3. The molecule has 3 rings (SSSR count). The molecule has 7 heteroatoms. The van der Waals surface area contributed by atoms with Gasteiger partial charge in [-0.1, -0.05) is 0 Å². The molecule has 21 heavy (non-hydrogen) atoms. The Bertz CT molecular complexity index is 796. The van der Waals surface area contributed by atoms with E-state index in [1.807, 2.05) is 19.2 Å². The summed E-state index contributed by atoms with van der Waals surface area (Å²) in [7, 11) is 0. The highest BCUT2D eigenvalue weighted by atomic mass is 79.9. The number of aryl methyl sites for hydroxylation is 1.